The van der Waals surface area contributed by atoms with Crippen molar-refractivity contribution in [2.24, 2.45) is 0 Å². The molecule has 0 spiro atoms. The second kappa shape index (κ2) is 3.92. The number of nitrogens with zero attached hydrogens (tertiary/aromatic N) is 1. The topological polar surface area (TPSA) is 28.7 Å². The van der Waals surface area contributed by atoms with Gasteiger partial charge in [-0.05, 0) is 19.1 Å². The fourth-order valence-electron chi connectivity index (χ4n) is 1.30. The lowest BCUT2D eigenvalue weighted by Crippen LogP contribution is -1.69. The molecule has 0 aliphatic heterocycles. The van der Waals surface area contributed by atoms with Crippen molar-refractivity contribution in [3.8, 4) is 0 Å². The van der Waals surface area contributed by atoms with Gasteiger partial charge in [-0.3, -0.25) is 4.98 Å². The van der Waals surface area contributed by atoms with Crippen molar-refractivity contribution in [1.82, 2.24) is 9.97 Å². The molecule has 0 saturated heterocycles. The molecule has 2 heteroatoms. The first-order valence-corrected chi connectivity index (χ1v) is 4.59. The normalized spacial score (nSPS) is 9.79. The predicted octanol–water partition coefficient (Wildman–Crippen LogP) is 3.00. The molecule has 0 amide bonds. The van der Waals surface area contributed by atoms with E-state index < -0.39 is 0 Å². The Labute approximate surface area is 82.9 Å². The van der Waals surface area contributed by atoms with Crippen LogP contribution in [0, 0.1) is 6.92 Å². The van der Waals surface area contributed by atoms with E-state index in [-0.39, 0.29) is 0 Å². The Morgan fingerprint density at radius 3 is 2.86 bits per heavy atom. The molecule has 0 aliphatic rings. The van der Waals surface area contributed by atoms with Crippen LogP contribution in [0.2, 0.25) is 0 Å². The molecule has 0 aliphatic carbocycles. The van der Waals surface area contributed by atoms with Crippen LogP contribution in [0.3, 0.4) is 0 Å². The summed E-state index contributed by atoms with van der Waals surface area (Å²) >= 11 is 0. The highest BCUT2D eigenvalue weighted by Crippen LogP contribution is 2.07. The second-order valence-electron chi connectivity index (χ2n) is 3.16. The first-order valence-electron chi connectivity index (χ1n) is 4.59. The van der Waals surface area contributed by atoms with E-state index in [1.54, 1.807) is 6.20 Å². The number of hydrogen-bond donors (Lipinski definition) is 1. The average molecular weight is 184 g/mol. The SMILES string of the molecule is Cc1ccc2ccccc2ncc[nH]1. The highest BCUT2D eigenvalue weighted by atomic mass is 14.7. The summed E-state index contributed by atoms with van der Waals surface area (Å²) in [6, 6.07) is 12.2. The molecule has 2 nitrogen and oxygen atoms in total. The van der Waals surface area contributed by atoms with Crippen molar-refractivity contribution < 1.29 is 0 Å². The van der Waals surface area contributed by atoms with E-state index in [1.807, 2.05) is 37.4 Å². The van der Waals surface area contributed by atoms with Crippen molar-refractivity contribution in [3.05, 3.63) is 54.5 Å². The zero-order valence-electron chi connectivity index (χ0n) is 8.07. The van der Waals surface area contributed by atoms with Crippen LogP contribution in [0.15, 0.2) is 48.8 Å². The van der Waals surface area contributed by atoms with Crippen LogP contribution < -0.4 is 0 Å². The molecule has 2 rings (SSSR count). The quantitative estimate of drug-likeness (QED) is 0.670. The molecule has 70 valence electrons. The molecule has 0 atom stereocenters. The van der Waals surface area contributed by atoms with E-state index in [4.69, 9.17) is 0 Å². The lowest BCUT2D eigenvalue weighted by molar-refractivity contribution is 1.21. The molecular formula is C12H12N2. The molecule has 2 aromatic rings. The lowest BCUT2D eigenvalue weighted by atomic mass is 10.2. The molecule has 14 heavy (non-hydrogen) atoms. The molecular weight excluding hydrogens is 172 g/mol. The van der Waals surface area contributed by atoms with Crippen LogP contribution in [0.5, 0.6) is 0 Å². The van der Waals surface area contributed by atoms with Crippen molar-refractivity contribution in [2.75, 3.05) is 0 Å². The summed E-state index contributed by atoms with van der Waals surface area (Å²) in [6.45, 7) is 2.02. The number of para-hydroxylation sites is 1. The zero-order chi connectivity index (χ0) is 9.80. The summed E-state index contributed by atoms with van der Waals surface area (Å²) < 4.78 is 0. The highest BCUT2D eigenvalue weighted by molar-refractivity contribution is 5.77. The standard InChI is InChI=1S/C12H12N2/c1-10-6-7-11-4-2-3-5-12(11)14-9-8-13-10/h2-9,13H,1H3. The lowest BCUT2D eigenvalue weighted by Gasteiger charge is -1.88. The minimum Gasteiger partial charge on any atom is -0.364 e. The number of aromatic amines is 1. The summed E-state index contributed by atoms with van der Waals surface area (Å²) in [7, 11) is 0. The van der Waals surface area contributed by atoms with Gasteiger partial charge >= 0.3 is 0 Å². The number of aryl methyl sites for hydroxylation is 1. The van der Waals surface area contributed by atoms with E-state index in [0.717, 1.165) is 16.6 Å². The van der Waals surface area contributed by atoms with Crippen molar-refractivity contribution >= 4 is 10.9 Å². The molecule has 1 heterocycles. The van der Waals surface area contributed by atoms with Gasteiger partial charge in [-0.25, -0.2) is 0 Å². The van der Waals surface area contributed by atoms with Gasteiger partial charge in [0.2, 0.25) is 0 Å². The van der Waals surface area contributed by atoms with Gasteiger partial charge in [0.05, 0.1) is 5.52 Å². The summed E-state index contributed by atoms with van der Waals surface area (Å²) in [5, 5.41) is 1.14. The molecule has 0 bridgehead atoms. The fraction of sp³-hybridized carbons (Fsp3) is 0.0833. The maximum Gasteiger partial charge on any atom is 0.0702 e. The van der Waals surface area contributed by atoms with E-state index in [1.165, 1.54) is 0 Å². The Kier molecular flexibility index (Phi) is 2.45. The minimum atomic E-state index is 0.997. The zero-order valence-corrected chi connectivity index (χ0v) is 8.07. The first kappa shape index (κ1) is 8.75. The van der Waals surface area contributed by atoms with E-state index in [9.17, 15) is 0 Å². The smallest absolute Gasteiger partial charge is 0.0702 e. The highest BCUT2D eigenvalue weighted by Gasteiger charge is 1.86. The van der Waals surface area contributed by atoms with Crippen LogP contribution in [0.25, 0.3) is 10.9 Å². The maximum atomic E-state index is 4.33. The van der Waals surface area contributed by atoms with Crippen molar-refractivity contribution in [2.45, 2.75) is 6.92 Å². The number of nitrogens with one attached hydrogen (secondary N) is 1. The fourth-order valence-corrected chi connectivity index (χ4v) is 1.30. The van der Waals surface area contributed by atoms with Crippen LogP contribution in [0.1, 0.15) is 5.69 Å². The maximum absolute atomic E-state index is 4.33. The Hall–Kier alpha value is -1.83. The number of fused-ring (bicyclic) bond motifs is 1. The van der Waals surface area contributed by atoms with Gasteiger partial charge in [0.25, 0.3) is 0 Å². The number of aromatic nitrogens is 2. The van der Waals surface area contributed by atoms with Crippen molar-refractivity contribution in [3.63, 3.8) is 0 Å². The average Bonchev–Trinajstić information content (AvgIpc) is 2.30. The summed E-state index contributed by atoms with van der Waals surface area (Å²) in [5.41, 5.74) is 2.10. The number of benzene rings is 1. The number of hydrogen-bond acceptors (Lipinski definition) is 1. The molecule has 0 saturated carbocycles. The third kappa shape index (κ3) is 1.91. The molecule has 0 unspecified atom stereocenters. The third-order valence-corrected chi connectivity index (χ3v) is 2.05. The monoisotopic (exact) mass is 184 g/mol. The molecule has 0 fully saturated rings. The van der Waals surface area contributed by atoms with Crippen LogP contribution in [0.4, 0.5) is 0 Å². The van der Waals surface area contributed by atoms with Gasteiger partial charge in [0.1, 0.15) is 0 Å². The Morgan fingerprint density at radius 1 is 1.07 bits per heavy atom. The Balaban J connectivity index is 2.81. The second-order valence-corrected chi connectivity index (χ2v) is 3.16. The number of rotatable bonds is 0. The van der Waals surface area contributed by atoms with E-state index in [0.29, 0.717) is 0 Å². The van der Waals surface area contributed by atoms with Crippen LogP contribution in [-0.2, 0) is 0 Å². The Morgan fingerprint density at radius 2 is 1.93 bits per heavy atom. The van der Waals surface area contributed by atoms with Crippen molar-refractivity contribution in [1.29, 1.82) is 0 Å². The molecule has 1 aromatic heterocycles. The predicted molar refractivity (Wildman–Crippen MR) is 58.5 cm³/mol. The van der Waals surface area contributed by atoms with Gasteiger partial charge in [-0.2, -0.15) is 0 Å². The summed E-state index contributed by atoms with van der Waals surface area (Å²) in [4.78, 5) is 7.45. The Bertz CT molecular complexity index is 484. The largest absolute Gasteiger partial charge is 0.364 e. The van der Waals surface area contributed by atoms with Gasteiger partial charge in [-0.1, -0.05) is 24.3 Å². The molecule has 1 N–H and O–H groups in total. The van der Waals surface area contributed by atoms with Gasteiger partial charge in [0, 0.05) is 23.5 Å². The minimum absolute atomic E-state index is 0.997. The summed E-state index contributed by atoms with van der Waals surface area (Å²) in [6.07, 6.45) is 3.61. The molecule has 1 aromatic carbocycles. The number of H-pyrrole nitrogens is 1. The first-order chi connectivity index (χ1) is 6.86. The van der Waals surface area contributed by atoms with Crippen LogP contribution in [-0.4, -0.2) is 9.97 Å². The van der Waals surface area contributed by atoms with Gasteiger partial charge in [-0.15, -0.1) is 0 Å². The summed E-state index contributed by atoms with van der Waals surface area (Å²) in [5.74, 6) is 0. The molecule has 0 radical (unpaired) electrons. The van der Waals surface area contributed by atoms with Gasteiger partial charge < -0.3 is 4.98 Å². The van der Waals surface area contributed by atoms with Gasteiger partial charge in [0.15, 0.2) is 0 Å². The van der Waals surface area contributed by atoms with E-state index in [2.05, 4.69) is 22.1 Å². The van der Waals surface area contributed by atoms with E-state index >= 15 is 0 Å². The van der Waals surface area contributed by atoms with Crippen LogP contribution >= 0.6 is 0 Å². The third-order valence-electron chi connectivity index (χ3n) is 2.05.